The second-order valence-electron chi connectivity index (χ2n) is 7.87. The number of hydrogen-bond acceptors (Lipinski definition) is 1. The highest BCUT2D eigenvalue weighted by Crippen LogP contribution is 2.44. The van der Waals surface area contributed by atoms with Crippen LogP contribution in [0.3, 0.4) is 0 Å². The van der Waals surface area contributed by atoms with Crippen molar-refractivity contribution < 1.29 is 4.79 Å². The molecule has 0 aromatic heterocycles. The topological polar surface area (TPSA) is 20.3 Å². The van der Waals surface area contributed by atoms with Crippen LogP contribution in [-0.4, -0.2) is 16.8 Å². The summed E-state index contributed by atoms with van der Waals surface area (Å²) < 4.78 is 0. The van der Waals surface area contributed by atoms with Gasteiger partial charge in [-0.1, -0.05) is 48.5 Å². The average molecular weight is 331 g/mol. The number of carbonyl (C=O) groups is 1. The summed E-state index contributed by atoms with van der Waals surface area (Å²) in [7, 11) is 0. The smallest absolute Gasteiger partial charge is 0.230 e. The Balaban J connectivity index is 1.49. The van der Waals surface area contributed by atoms with Crippen molar-refractivity contribution in [2.24, 2.45) is 0 Å². The SMILES string of the molecule is O=C([C@H]1CCCc2ccccc21)N(C1CC1)[C@H]1CCc2ccccc21. The fourth-order valence-corrected chi connectivity index (χ4v) is 4.95. The molecule has 0 heterocycles. The van der Waals surface area contributed by atoms with Gasteiger partial charge in [-0.05, 0) is 67.2 Å². The van der Waals surface area contributed by atoms with E-state index in [0.29, 0.717) is 18.0 Å². The first-order valence-electron chi connectivity index (χ1n) is 9.80. The van der Waals surface area contributed by atoms with Crippen molar-refractivity contribution in [3.8, 4) is 0 Å². The Morgan fingerprint density at radius 3 is 2.24 bits per heavy atom. The largest absolute Gasteiger partial charge is 0.332 e. The van der Waals surface area contributed by atoms with E-state index in [2.05, 4.69) is 53.4 Å². The van der Waals surface area contributed by atoms with Gasteiger partial charge in [0.25, 0.3) is 0 Å². The van der Waals surface area contributed by atoms with Gasteiger partial charge in [0.1, 0.15) is 0 Å². The lowest BCUT2D eigenvalue weighted by Gasteiger charge is -2.35. The number of amides is 1. The summed E-state index contributed by atoms with van der Waals surface area (Å²) in [5.41, 5.74) is 5.51. The standard InChI is InChI=1S/C23H25NO/c25-23(21-11-5-8-16-6-1-3-9-19(16)21)24(18-13-14-18)22-15-12-17-7-2-4-10-20(17)22/h1-4,6-7,9-10,18,21-22H,5,8,11-15H2/t21-,22-/m0/s1. The third-order valence-electron chi connectivity index (χ3n) is 6.30. The van der Waals surface area contributed by atoms with Crippen molar-refractivity contribution >= 4 is 5.91 Å². The van der Waals surface area contributed by atoms with Crippen molar-refractivity contribution in [2.75, 3.05) is 0 Å². The minimum atomic E-state index is 0.0679. The van der Waals surface area contributed by atoms with Crippen molar-refractivity contribution in [3.63, 3.8) is 0 Å². The lowest BCUT2D eigenvalue weighted by molar-refractivity contribution is -0.136. The molecule has 0 saturated heterocycles. The molecule has 1 saturated carbocycles. The number of nitrogens with zero attached hydrogens (tertiary/aromatic N) is 1. The Kier molecular flexibility index (Phi) is 3.65. The van der Waals surface area contributed by atoms with Gasteiger partial charge in [-0.2, -0.15) is 0 Å². The summed E-state index contributed by atoms with van der Waals surface area (Å²) in [6, 6.07) is 18.1. The Bertz CT molecular complexity index is 807. The zero-order valence-electron chi connectivity index (χ0n) is 14.7. The second kappa shape index (κ2) is 6.01. The van der Waals surface area contributed by atoms with Crippen LogP contribution in [0.15, 0.2) is 48.5 Å². The fourth-order valence-electron chi connectivity index (χ4n) is 4.95. The van der Waals surface area contributed by atoms with E-state index in [4.69, 9.17) is 0 Å². The van der Waals surface area contributed by atoms with Crippen LogP contribution in [0.25, 0.3) is 0 Å². The molecule has 0 spiro atoms. The zero-order chi connectivity index (χ0) is 16.8. The summed E-state index contributed by atoms with van der Waals surface area (Å²) in [6.45, 7) is 0. The van der Waals surface area contributed by atoms with Crippen LogP contribution in [-0.2, 0) is 17.6 Å². The predicted molar refractivity (Wildman–Crippen MR) is 99.5 cm³/mol. The van der Waals surface area contributed by atoms with E-state index >= 15 is 0 Å². The first-order valence-corrected chi connectivity index (χ1v) is 9.80. The van der Waals surface area contributed by atoms with Gasteiger partial charge in [-0.25, -0.2) is 0 Å². The van der Waals surface area contributed by atoms with E-state index in [1.807, 2.05) is 0 Å². The molecule has 5 rings (SSSR count). The minimum Gasteiger partial charge on any atom is -0.332 e. The number of rotatable bonds is 3. The van der Waals surface area contributed by atoms with Crippen LogP contribution >= 0.6 is 0 Å². The van der Waals surface area contributed by atoms with E-state index in [9.17, 15) is 4.79 Å². The summed E-state index contributed by atoms with van der Waals surface area (Å²) in [5.74, 6) is 0.453. The Labute approximate surface area is 149 Å². The summed E-state index contributed by atoms with van der Waals surface area (Å²) in [4.78, 5) is 16.0. The van der Waals surface area contributed by atoms with Crippen LogP contribution in [0.4, 0.5) is 0 Å². The summed E-state index contributed by atoms with van der Waals surface area (Å²) in [5, 5.41) is 0. The molecule has 0 radical (unpaired) electrons. The van der Waals surface area contributed by atoms with Crippen molar-refractivity contribution in [1.82, 2.24) is 4.90 Å². The molecule has 0 N–H and O–H groups in total. The van der Waals surface area contributed by atoms with Gasteiger partial charge in [0.05, 0.1) is 12.0 Å². The maximum atomic E-state index is 13.7. The van der Waals surface area contributed by atoms with Gasteiger partial charge in [0, 0.05) is 6.04 Å². The fraction of sp³-hybridized carbons (Fsp3) is 0.435. The number of aryl methyl sites for hydroxylation is 2. The quantitative estimate of drug-likeness (QED) is 0.792. The van der Waals surface area contributed by atoms with Crippen molar-refractivity contribution in [2.45, 2.75) is 62.9 Å². The molecule has 3 aliphatic rings. The predicted octanol–water partition coefficient (Wildman–Crippen LogP) is 4.79. The highest BCUT2D eigenvalue weighted by molar-refractivity contribution is 5.85. The monoisotopic (exact) mass is 331 g/mol. The average Bonchev–Trinajstić information content (AvgIpc) is 3.41. The lowest BCUT2D eigenvalue weighted by atomic mass is 9.81. The van der Waals surface area contributed by atoms with Crippen LogP contribution in [0, 0.1) is 0 Å². The van der Waals surface area contributed by atoms with E-state index in [1.54, 1.807) is 0 Å². The molecule has 3 aliphatic carbocycles. The van der Waals surface area contributed by atoms with Crippen molar-refractivity contribution in [1.29, 1.82) is 0 Å². The van der Waals surface area contributed by atoms with Gasteiger partial charge in [-0.3, -0.25) is 4.79 Å². The molecule has 2 nitrogen and oxygen atoms in total. The summed E-state index contributed by atoms with van der Waals surface area (Å²) in [6.07, 6.45) is 7.82. The molecule has 0 aliphatic heterocycles. The number of benzene rings is 2. The lowest BCUT2D eigenvalue weighted by Crippen LogP contribution is -2.40. The molecule has 0 bridgehead atoms. The third kappa shape index (κ3) is 2.59. The molecule has 2 atom stereocenters. The third-order valence-corrected chi connectivity index (χ3v) is 6.30. The first-order chi connectivity index (χ1) is 12.3. The second-order valence-corrected chi connectivity index (χ2v) is 7.87. The summed E-state index contributed by atoms with van der Waals surface area (Å²) >= 11 is 0. The number of fused-ring (bicyclic) bond motifs is 2. The Hall–Kier alpha value is -2.09. The number of carbonyl (C=O) groups excluding carboxylic acids is 1. The minimum absolute atomic E-state index is 0.0679. The molecular weight excluding hydrogens is 306 g/mol. The van der Waals surface area contributed by atoms with E-state index in [-0.39, 0.29) is 5.92 Å². The molecule has 1 amide bonds. The molecule has 0 unspecified atom stereocenters. The maximum Gasteiger partial charge on any atom is 0.230 e. The molecule has 2 aromatic carbocycles. The molecule has 2 heteroatoms. The van der Waals surface area contributed by atoms with E-state index < -0.39 is 0 Å². The first kappa shape index (κ1) is 15.2. The van der Waals surface area contributed by atoms with Gasteiger partial charge < -0.3 is 4.90 Å². The van der Waals surface area contributed by atoms with Crippen LogP contribution in [0.1, 0.15) is 66.3 Å². The molecule has 128 valence electrons. The molecule has 25 heavy (non-hydrogen) atoms. The normalized spacial score (nSPS) is 24.5. The highest BCUT2D eigenvalue weighted by atomic mass is 16.2. The van der Waals surface area contributed by atoms with E-state index in [0.717, 1.165) is 32.1 Å². The zero-order valence-corrected chi connectivity index (χ0v) is 14.7. The molecule has 1 fully saturated rings. The maximum absolute atomic E-state index is 13.7. The van der Waals surface area contributed by atoms with Gasteiger partial charge in [0.15, 0.2) is 0 Å². The number of hydrogen-bond donors (Lipinski definition) is 0. The van der Waals surface area contributed by atoms with Crippen LogP contribution < -0.4 is 0 Å². The van der Waals surface area contributed by atoms with Crippen LogP contribution in [0.2, 0.25) is 0 Å². The Morgan fingerprint density at radius 2 is 1.48 bits per heavy atom. The van der Waals surface area contributed by atoms with Crippen LogP contribution in [0.5, 0.6) is 0 Å². The van der Waals surface area contributed by atoms with Gasteiger partial charge >= 0.3 is 0 Å². The molecule has 2 aromatic rings. The van der Waals surface area contributed by atoms with Gasteiger partial charge in [0.2, 0.25) is 5.91 Å². The van der Waals surface area contributed by atoms with E-state index in [1.165, 1.54) is 35.1 Å². The molecular formula is C23H25NO. The Morgan fingerprint density at radius 1 is 0.800 bits per heavy atom. The van der Waals surface area contributed by atoms with Crippen molar-refractivity contribution in [3.05, 3.63) is 70.8 Å². The highest BCUT2D eigenvalue weighted by Gasteiger charge is 2.43. The van der Waals surface area contributed by atoms with Gasteiger partial charge in [-0.15, -0.1) is 0 Å².